The molecule has 0 saturated heterocycles. The molecule has 4 aromatic rings. The maximum atomic E-state index is 12.6. The molecule has 4 rings (SSSR count). The number of likely N-dealkylation sites (N-methyl/N-ethyl adjacent to an activating group) is 1. The van der Waals surface area contributed by atoms with Crippen molar-refractivity contribution in [3.8, 4) is 21.8 Å². The van der Waals surface area contributed by atoms with Crippen LogP contribution in [0.1, 0.15) is 11.5 Å². The summed E-state index contributed by atoms with van der Waals surface area (Å²) < 4.78 is 5.37. The highest BCUT2D eigenvalue weighted by Crippen LogP contribution is 2.24. The molecule has 0 aliphatic heterocycles. The molecular formula is C21H18N4O2S. The van der Waals surface area contributed by atoms with Crippen LogP contribution in [0.15, 0.2) is 70.8 Å². The highest BCUT2D eigenvalue weighted by Gasteiger charge is 2.16. The molecule has 7 heteroatoms. The van der Waals surface area contributed by atoms with Crippen LogP contribution < -0.4 is 0 Å². The van der Waals surface area contributed by atoms with E-state index in [0.29, 0.717) is 12.3 Å². The van der Waals surface area contributed by atoms with Crippen LogP contribution >= 0.6 is 11.3 Å². The molecule has 0 fully saturated rings. The van der Waals surface area contributed by atoms with Crippen LogP contribution in [0.2, 0.25) is 0 Å². The molecule has 0 aliphatic rings. The third kappa shape index (κ3) is 4.15. The minimum absolute atomic E-state index is 0.0215. The van der Waals surface area contributed by atoms with Gasteiger partial charge in [-0.15, -0.1) is 11.3 Å². The number of hydrogen-bond donors (Lipinski definition) is 0. The maximum Gasteiger partial charge on any atom is 0.228 e. The molecule has 28 heavy (non-hydrogen) atoms. The molecule has 0 atom stereocenters. The van der Waals surface area contributed by atoms with Gasteiger partial charge in [-0.2, -0.15) is 0 Å². The number of thiazole rings is 1. The Bertz CT molecular complexity index is 1060. The predicted molar refractivity (Wildman–Crippen MR) is 107 cm³/mol. The largest absolute Gasteiger partial charge is 0.359 e. The first kappa shape index (κ1) is 18.1. The van der Waals surface area contributed by atoms with Crippen molar-refractivity contribution in [2.45, 2.75) is 13.0 Å². The van der Waals surface area contributed by atoms with Gasteiger partial charge in [0.1, 0.15) is 10.7 Å². The first-order valence-electron chi connectivity index (χ1n) is 8.79. The van der Waals surface area contributed by atoms with Crippen LogP contribution in [-0.4, -0.2) is 33.0 Å². The molecule has 1 amide bonds. The standard InChI is InChI=1S/C21H18N4O2S/c1-25(13-18-12-19(24-27-18)15-7-9-22-10-8-15)20(26)11-17-14-28-21(23-17)16-5-3-2-4-6-16/h2-10,12,14H,11,13H2,1H3. The maximum absolute atomic E-state index is 12.6. The van der Waals surface area contributed by atoms with Gasteiger partial charge < -0.3 is 9.42 Å². The van der Waals surface area contributed by atoms with Crippen LogP contribution in [0.3, 0.4) is 0 Å². The van der Waals surface area contributed by atoms with E-state index >= 15 is 0 Å². The summed E-state index contributed by atoms with van der Waals surface area (Å²) in [6, 6.07) is 15.5. The molecule has 0 bridgehead atoms. The molecule has 0 saturated carbocycles. The molecule has 6 nitrogen and oxygen atoms in total. The van der Waals surface area contributed by atoms with Gasteiger partial charge in [0.15, 0.2) is 5.76 Å². The Balaban J connectivity index is 1.38. The Hall–Kier alpha value is -3.32. The number of rotatable bonds is 6. The number of carbonyl (C=O) groups is 1. The highest BCUT2D eigenvalue weighted by molar-refractivity contribution is 7.13. The van der Waals surface area contributed by atoms with Crippen LogP contribution in [0.4, 0.5) is 0 Å². The van der Waals surface area contributed by atoms with E-state index in [1.807, 2.05) is 53.9 Å². The predicted octanol–water partition coefficient (Wildman–Crippen LogP) is 4.06. The molecule has 140 valence electrons. The summed E-state index contributed by atoms with van der Waals surface area (Å²) in [5.74, 6) is 0.609. The van der Waals surface area contributed by atoms with Gasteiger partial charge in [0.05, 0.1) is 18.7 Å². The van der Waals surface area contributed by atoms with Gasteiger partial charge in [-0.25, -0.2) is 4.98 Å². The molecule has 0 aliphatic carbocycles. The first-order valence-corrected chi connectivity index (χ1v) is 9.67. The van der Waals surface area contributed by atoms with Crippen molar-refractivity contribution >= 4 is 17.2 Å². The fraction of sp³-hybridized carbons (Fsp3) is 0.143. The van der Waals surface area contributed by atoms with E-state index in [0.717, 1.165) is 27.5 Å². The van der Waals surface area contributed by atoms with Crippen LogP contribution in [-0.2, 0) is 17.8 Å². The van der Waals surface area contributed by atoms with Crippen molar-refractivity contribution in [2.24, 2.45) is 0 Å². The lowest BCUT2D eigenvalue weighted by Crippen LogP contribution is -2.27. The molecule has 3 aromatic heterocycles. The lowest BCUT2D eigenvalue weighted by molar-refractivity contribution is -0.130. The fourth-order valence-electron chi connectivity index (χ4n) is 2.76. The van der Waals surface area contributed by atoms with Crippen molar-refractivity contribution in [3.05, 3.63) is 77.8 Å². The van der Waals surface area contributed by atoms with E-state index in [1.165, 1.54) is 0 Å². The minimum Gasteiger partial charge on any atom is -0.359 e. The lowest BCUT2D eigenvalue weighted by atomic mass is 10.2. The van der Waals surface area contributed by atoms with E-state index in [-0.39, 0.29) is 12.3 Å². The topological polar surface area (TPSA) is 72.1 Å². The second-order valence-corrected chi connectivity index (χ2v) is 7.21. The van der Waals surface area contributed by atoms with Crippen molar-refractivity contribution in [3.63, 3.8) is 0 Å². The van der Waals surface area contributed by atoms with Crippen LogP contribution in [0.5, 0.6) is 0 Å². The van der Waals surface area contributed by atoms with Gasteiger partial charge in [0.25, 0.3) is 0 Å². The Morgan fingerprint density at radius 1 is 1.11 bits per heavy atom. The first-order chi connectivity index (χ1) is 13.7. The van der Waals surface area contributed by atoms with Gasteiger partial charge in [-0.05, 0) is 12.1 Å². The summed E-state index contributed by atoms with van der Waals surface area (Å²) in [5.41, 5.74) is 3.49. The number of nitrogens with zero attached hydrogens (tertiary/aromatic N) is 4. The zero-order chi connectivity index (χ0) is 19.3. The van der Waals surface area contributed by atoms with E-state index in [9.17, 15) is 4.79 Å². The third-order valence-electron chi connectivity index (χ3n) is 4.26. The molecule has 1 aromatic carbocycles. The Morgan fingerprint density at radius 3 is 2.68 bits per heavy atom. The van der Waals surface area contributed by atoms with Crippen molar-refractivity contribution in [1.29, 1.82) is 0 Å². The number of pyridine rings is 1. The lowest BCUT2D eigenvalue weighted by Gasteiger charge is -2.14. The quantitative estimate of drug-likeness (QED) is 0.496. The van der Waals surface area contributed by atoms with E-state index in [1.54, 1.807) is 35.7 Å². The van der Waals surface area contributed by atoms with Crippen molar-refractivity contribution in [1.82, 2.24) is 20.0 Å². The molecule has 0 N–H and O–H groups in total. The fourth-order valence-corrected chi connectivity index (χ4v) is 3.59. The average molecular weight is 390 g/mol. The number of hydrogen-bond acceptors (Lipinski definition) is 6. The summed E-state index contributed by atoms with van der Waals surface area (Å²) in [4.78, 5) is 22.8. The summed E-state index contributed by atoms with van der Waals surface area (Å²) in [6.07, 6.45) is 3.67. The smallest absolute Gasteiger partial charge is 0.228 e. The molecular weight excluding hydrogens is 372 g/mol. The summed E-state index contributed by atoms with van der Waals surface area (Å²) in [6.45, 7) is 0.354. The molecule has 0 unspecified atom stereocenters. The zero-order valence-corrected chi connectivity index (χ0v) is 16.1. The average Bonchev–Trinajstić information content (AvgIpc) is 3.39. The summed E-state index contributed by atoms with van der Waals surface area (Å²) >= 11 is 1.55. The number of aromatic nitrogens is 3. The Kier molecular flexibility index (Phi) is 5.25. The second kappa shape index (κ2) is 8.14. The van der Waals surface area contributed by atoms with Gasteiger partial charge in [0, 0.05) is 42.0 Å². The monoisotopic (exact) mass is 390 g/mol. The normalized spacial score (nSPS) is 10.8. The van der Waals surface area contributed by atoms with Gasteiger partial charge >= 0.3 is 0 Å². The van der Waals surface area contributed by atoms with E-state index in [4.69, 9.17) is 4.52 Å². The Labute approximate surface area is 166 Å². The molecule has 0 radical (unpaired) electrons. The zero-order valence-electron chi connectivity index (χ0n) is 15.3. The van der Waals surface area contributed by atoms with Gasteiger partial charge in [0.2, 0.25) is 5.91 Å². The van der Waals surface area contributed by atoms with Gasteiger partial charge in [-0.3, -0.25) is 9.78 Å². The third-order valence-corrected chi connectivity index (χ3v) is 5.20. The van der Waals surface area contributed by atoms with Crippen molar-refractivity contribution in [2.75, 3.05) is 7.05 Å². The van der Waals surface area contributed by atoms with Crippen LogP contribution in [0, 0.1) is 0 Å². The minimum atomic E-state index is -0.0215. The second-order valence-electron chi connectivity index (χ2n) is 6.35. The number of amides is 1. The van der Waals surface area contributed by atoms with Gasteiger partial charge in [-0.1, -0.05) is 35.5 Å². The summed E-state index contributed by atoms with van der Waals surface area (Å²) in [5, 5.41) is 6.92. The van der Waals surface area contributed by atoms with Crippen LogP contribution in [0.25, 0.3) is 21.8 Å². The Morgan fingerprint density at radius 2 is 1.89 bits per heavy atom. The molecule has 3 heterocycles. The highest BCUT2D eigenvalue weighted by atomic mass is 32.1. The number of benzene rings is 1. The summed E-state index contributed by atoms with van der Waals surface area (Å²) in [7, 11) is 1.75. The van der Waals surface area contributed by atoms with E-state index < -0.39 is 0 Å². The number of carbonyl (C=O) groups excluding carboxylic acids is 1. The molecule has 0 spiro atoms. The SMILES string of the molecule is CN(Cc1cc(-c2ccncc2)no1)C(=O)Cc1csc(-c2ccccc2)n1. The van der Waals surface area contributed by atoms with Crippen molar-refractivity contribution < 1.29 is 9.32 Å². The van der Waals surface area contributed by atoms with E-state index in [2.05, 4.69) is 15.1 Å².